The molecule has 4 rings (SSSR count). The summed E-state index contributed by atoms with van der Waals surface area (Å²) in [7, 11) is 0. The van der Waals surface area contributed by atoms with Gasteiger partial charge in [0.2, 0.25) is 0 Å². The topological polar surface area (TPSA) is 118 Å². The van der Waals surface area contributed by atoms with Crippen molar-refractivity contribution in [2.24, 2.45) is 5.92 Å². The highest BCUT2D eigenvalue weighted by atomic mass is 16.6. The normalized spacial score (nSPS) is 18.3. The van der Waals surface area contributed by atoms with E-state index in [1.807, 2.05) is 90.1 Å². The van der Waals surface area contributed by atoms with E-state index in [1.54, 1.807) is 14.7 Å². The largest absolute Gasteiger partial charge is 0.445 e. The highest BCUT2D eigenvalue weighted by Crippen LogP contribution is 2.24. The summed E-state index contributed by atoms with van der Waals surface area (Å²) in [5.74, 6) is 0.0589. The van der Waals surface area contributed by atoms with Crippen molar-refractivity contribution in [3.63, 3.8) is 0 Å². The zero-order valence-electron chi connectivity index (χ0n) is 28.7. The zero-order valence-corrected chi connectivity index (χ0v) is 28.7. The van der Waals surface area contributed by atoms with Crippen molar-refractivity contribution in [1.29, 1.82) is 0 Å². The first kappa shape index (κ1) is 36.0. The number of benzene rings is 2. The van der Waals surface area contributed by atoms with Gasteiger partial charge in [-0.15, -0.1) is 0 Å². The summed E-state index contributed by atoms with van der Waals surface area (Å²) in [6.07, 6.45) is 0.148. The Morgan fingerprint density at radius 1 is 0.787 bits per heavy atom. The van der Waals surface area contributed by atoms with Gasteiger partial charge in [0.1, 0.15) is 17.8 Å². The SMILES string of the molecule is CC(C)(C)OC(=O)N1CCC(CN(Cc2cc(CO)cc(COC3CCN(C(=O)OCc4ccccc4)C3)c2)C(=O)OC(C)(C)C)C1. The van der Waals surface area contributed by atoms with E-state index in [0.717, 1.165) is 23.1 Å². The molecular weight excluding hydrogens is 602 g/mol. The van der Waals surface area contributed by atoms with Crippen LogP contribution in [0.2, 0.25) is 0 Å². The molecule has 0 spiro atoms. The first-order chi connectivity index (χ1) is 22.2. The van der Waals surface area contributed by atoms with Crippen LogP contribution in [-0.4, -0.2) is 88.1 Å². The average molecular weight is 654 g/mol. The van der Waals surface area contributed by atoms with Crippen molar-refractivity contribution >= 4 is 18.3 Å². The molecule has 2 aliphatic rings. The summed E-state index contributed by atoms with van der Waals surface area (Å²) in [4.78, 5) is 43.6. The van der Waals surface area contributed by atoms with E-state index < -0.39 is 17.3 Å². The molecule has 2 fully saturated rings. The number of aliphatic hydroxyl groups is 1. The van der Waals surface area contributed by atoms with Crippen molar-refractivity contribution in [3.8, 4) is 0 Å². The van der Waals surface area contributed by atoms with Crippen LogP contribution >= 0.6 is 0 Å². The van der Waals surface area contributed by atoms with Crippen LogP contribution in [0.25, 0.3) is 0 Å². The van der Waals surface area contributed by atoms with Gasteiger partial charge in [-0.25, -0.2) is 14.4 Å². The van der Waals surface area contributed by atoms with Gasteiger partial charge in [-0.1, -0.05) is 48.5 Å². The molecular formula is C36H51N3O8. The van der Waals surface area contributed by atoms with E-state index in [4.69, 9.17) is 18.9 Å². The Bertz CT molecular complexity index is 1350. The predicted octanol–water partition coefficient (Wildman–Crippen LogP) is 6.10. The fourth-order valence-corrected chi connectivity index (χ4v) is 5.70. The zero-order chi connectivity index (χ0) is 34.2. The molecule has 258 valence electrons. The average Bonchev–Trinajstić information content (AvgIpc) is 3.67. The Balaban J connectivity index is 1.36. The van der Waals surface area contributed by atoms with Crippen LogP contribution in [0.1, 0.15) is 76.6 Å². The van der Waals surface area contributed by atoms with Crippen LogP contribution in [-0.2, 0) is 45.3 Å². The molecule has 11 heteroatoms. The van der Waals surface area contributed by atoms with E-state index >= 15 is 0 Å². The molecule has 1 N–H and O–H groups in total. The molecule has 0 radical (unpaired) electrons. The number of amides is 3. The summed E-state index contributed by atoms with van der Waals surface area (Å²) in [5, 5.41) is 10.0. The van der Waals surface area contributed by atoms with Crippen LogP contribution in [0, 0.1) is 5.92 Å². The minimum Gasteiger partial charge on any atom is -0.445 e. The van der Waals surface area contributed by atoms with Crippen molar-refractivity contribution in [2.45, 2.75) is 98.1 Å². The Morgan fingerprint density at radius 3 is 2.11 bits per heavy atom. The number of hydrogen-bond donors (Lipinski definition) is 1. The molecule has 2 unspecified atom stereocenters. The molecule has 0 aliphatic carbocycles. The molecule has 2 saturated heterocycles. The molecule has 2 aromatic carbocycles. The van der Waals surface area contributed by atoms with Crippen LogP contribution < -0.4 is 0 Å². The standard InChI is InChI=1S/C36H51N3O8/c1-35(2,3)46-33(42)37-14-12-27(19-37)20-39(34(43)47-36(4,5)6)21-28-16-29(23-40)18-30(17-28)25-44-31-13-15-38(22-31)32(41)45-24-26-10-8-7-9-11-26/h7-11,16-18,27,31,40H,12-15,19-25H2,1-6H3. The van der Waals surface area contributed by atoms with Gasteiger partial charge in [-0.2, -0.15) is 0 Å². The number of rotatable bonds is 10. The third kappa shape index (κ3) is 11.7. The van der Waals surface area contributed by atoms with Crippen molar-refractivity contribution in [1.82, 2.24) is 14.7 Å². The lowest BCUT2D eigenvalue weighted by Crippen LogP contribution is -2.40. The van der Waals surface area contributed by atoms with Gasteiger partial charge in [-0.3, -0.25) is 0 Å². The molecule has 3 amide bonds. The number of ether oxygens (including phenoxy) is 4. The Labute approximate surface area is 278 Å². The van der Waals surface area contributed by atoms with E-state index in [-0.39, 0.29) is 44.0 Å². The lowest BCUT2D eigenvalue weighted by molar-refractivity contribution is 0.0196. The monoisotopic (exact) mass is 653 g/mol. The van der Waals surface area contributed by atoms with Crippen LogP contribution in [0.15, 0.2) is 48.5 Å². The number of aliphatic hydroxyl groups excluding tert-OH is 1. The van der Waals surface area contributed by atoms with Gasteiger partial charge in [0.05, 0.1) is 25.9 Å². The quantitative estimate of drug-likeness (QED) is 0.306. The predicted molar refractivity (Wildman–Crippen MR) is 176 cm³/mol. The fraction of sp³-hybridized carbons (Fsp3) is 0.583. The maximum Gasteiger partial charge on any atom is 0.410 e. The Hall–Kier alpha value is -3.83. The van der Waals surface area contributed by atoms with E-state index in [9.17, 15) is 19.5 Å². The van der Waals surface area contributed by atoms with E-state index in [1.165, 1.54) is 0 Å². The van der Waals surface area contributed by atoms with Crippen LogP contribution in [0.4, 0.5) is 14.4 Å². The number of nitrogens with zero attached hydrogens (tertiary/aromatic N) is 3. The summed E-state index contributed by atoms with van der Waals surface area (Å²) < 4.78 is 23.0. The van der Waals surface area contributed by atoms with Gasteiger partial charge in [-0.05, 0) is 82.6 Å². The summed E-state index contributed by atoms with van der Waals surface area (Å²) >= 11 is 0. The van der Waals surface area contributed by atoms with Gasteiger partial charge in [0, 0.05) is 32.7 Å². The Morgan fingerprint density at radius 2 is 1.43 bits per heavy atom. The molecule has 11 nitrogen and oxygen atoms in total. The van der Waals surface area contributed by atoms with Gasteiger partial charge >= 0.3 is 18.3 Å². The first-order valence-corrected chi connectivity index (χ1v) is 16.4. The van der Waals surface area contributed by atoms with Crippen molar-refractivity contribution < 1.29 is 38.4 Å². The number of carbonyl (C=O) groups excluding carboxylic acids is 3. The molecule has 47 heavy (non-hydrogen) atoms. The number of likely N-dealkylation sites (tertiary alicyclic amines) is 2. The minimum atomic E-state index is -0.678. The second-order valence-electron chi connectivity index (χ2n) is 14.5. The molecule has 2 aromatic rings. The van der Waals surface area contributed by atoms with Crippen molar-refractivity contribution in [2.75, 3.05) is 32.7 Å². The summed E-state index contributed by atoms with van der Waals surface area (Å²) in [6.45, 7) is 14.1. The highest BCUT2D eigenvalue weighted by molar-refractivity contribution is 5.69. The third-order valence-electron chi connectivity index (χ3n) is 7.83. The highest BCUT2D eigenvalue weighted by Gasteiger charge is 2.33. The van der Waals surface area contributed by atoms with Crippen molar-refractivity contribution in [3.05, 3.63) is 70.8 Å². The maximum atomic E-state index is 13.4. The van der Waals surface area contributed by atoms with Gasteiger partial charge < -0.3 is 38.8 Å². The number of carbonyl (C=O) groups is 3. The smallest absolute Gasteiger partial charge is 0.410 e. The van der Waals surface area contributed by atoms with E-state index in [0.29, 0.717) is 51.3 Å². The van der Waals surface area contributed by atoms with Crippen LogP contribution in [0.5, 0.6) is 0 Å². The molecule has 2 aliphatic heterocycles. The second kappa shape index (κ2) is 15.8. The molecule has 0 saturated carbocycles. The van der Waals surface area contributed by atoms with Gasteiger partial charge in [0.15, 0.2) is 0 Å². The Kier molecular flexibility index (Phi) is 12.1. The molecule has 0 aromatic heterocycles. The minimum absolute atomic E-state index is 0.0589. The van der Waals surface area contributed by atoms with E-state index in [2.05, 4.69) is 0 Å². The maximum absolute atomic E-state index is 13.4. The first-order valence-electron chi connectivity index (χ1n) is 16.4. The van der Waals surface area contributed by atoms with Gasteiger partial charge in [0.25, 0.3) is 0 Å². The summed E-state index contributed by atoms with van der Waals surface area (Å²) in [5.41, 5.74) is 2.08. The second-order valence-corrected chi connectivity index (χ2v) is 14.5. The van der Waals surface area contributed by atoms with Crippen LogP contribution in [0.3, 0.4) is 0 Å². The lowest BCUT2D eigenvalue weighted by Gasteiger charge is -2.30. The fourth-order valence-electron chi connectivity index (χ4n) is 5.70. The molecule has 2 atom stereocenters. The lowest BCUT2D eigenvalue weighted by atomic mass is 10.0. The summed E-state index contributed by atoms with van der Waals surface area (Å²) in [6, 6.07) is 15.3. The molecule has 2 heterocycles. The molecule has 0 bridgehead atoms. The third-order valence-corrected chi connectivity index (χ3v) is 7.83. The number of hydrogen-bond acceptors (Lipinski definition) is 8.